The third-order valence-electron chi connectivity index (χ3n) is 4.12. The monoisotopic (exact) mass is 302 g/mol. The number of rotatable bonds is 4. The molecule has 0 spiro atoms. The lowest BCUT2D eigenvalue weighted by atomic mass is 9.98. The van der Waals surface area contributed by atoms with Crippen LogP contribution in [0.2, 0.25) is 0 Å². The van der Waals surface area contributed by atoms with E-state index in [1.54, 1.807) is 16.9 Å². The Morgan fingerprint density at radius 1 is 1.50 bits per heavy atom. The van der Waals surface area contributed by atoms with Gasteiger partial charge < -0.3 is 15.2 Å². The number of piperidine rings is 1. The summed E-state index contributed by atoms with van der Waals surface area (Å²) in [7, 11) is 0. The molecule has 2 aromatic heterocycles. The van der Waals surface area contributed by atoms with E-state index in [2.05, 4.69) is 14.6 Å². The maximum atomic E-state index is 12.5. The molecule has 3 heterocycles. The van der Waals surface area contributed by atoms with Crippen LogP contribution < -0.4 is 5.73 Å². The number of hydrogen-bond acceptors (Lipinski definition) is 4. The Bertz CT molecular complexity index is 633. The highest BCUT2D eigenvalue weighted by atomic mass is 16.2. The molecule has 1 amide bonds. The van der Waals surface area contributed by atoms with Crippen LogP contribution in [0.5, 0.6) is 0 Å². The molecule has 0 saturated carbocycles. The molecule has 0 bridgehead atoms. The summed E-state index contributed by atoms with van der Waals surface area (Å²) in [6.07, 6.45) is 7.76. The van der Waals surface area contributed by atoms with Gasteiger partial charge in [0.05, 0.1) is 12.0 Å². The van der Waals surface area contributed by atoms with Gasteiger partial charge in [-0.1, -0.05) is 0 Å². The maximum absolute atomic E-state index is 12.5. The van der Waals surface area contributed by atoms with E-state index in [4.69, 9.17) is 5.73 Å². The minimum Gasteiger partial charge on any atom is -0.384 e. The van der Waals surface area contributed by atoms with Gasteiger partial charge in [-0.15, -0.1) is 0 Å². The molecule has 7 nitrogen and oxygen atoms in total. The fourth-order valence-corrected chi connectivity index (χ4v) is 3.05. The van der Waals surface area contributed by atoms with E-state index in [9.17, 15) is 4.79 Å². The van der Waals surface area contributed by atoms with Crippen molar-refractivity contribution in [1.82, 2.24) is 24.2 Å². The zero-order chi connectivity index (χ0) is 15.5. The van der Waals surface area contributed by atoms with Gasteiger partial charge in [-0.3, -0.25) is 4.79 Å². The Morgan fingerprint density at radius 2 is 2.36 bits per heavy atom. The second-order valence-corrected chi connectivity index (χ2v) is 5.98. The predicted molar refractivity (Wildman–Crippen MR) is 82.9 cm³/mol. The quantitative estimate of drug-likeness (QED) is 0.910. The number of aromatic nitrogens is 4. The third-order valence-corrected chi connectivity index (χ3v) is 4.12. The van der Waals surface area contributed by atoms with Gasteiger partial charge in [0.1, 0.15) is 12.4 Å². The van der Waals surface area contributed by atoms with E-state index in [1.807, 2.05) is 24.3 Å². The number of nitrogens with zero attached hydrogens (tertiary/aromatic N) is 5. The van der Waals surface area contributed by atoms with Gasteiger partial charge in [-0.05, 0) is 25.7 Å². The normalized spacial score (nSPS) is 18.6. The van der Waals surface area contributed by atoms with Crippen LogP contribution in [0, 0.1) is 12.8 Å². The zero-order valence-electron chi connectivity index (χ0n) is 12.9. The second kappa shape index (κ2) is 6.21. The highest BCUT2D eigenvalue weighted by Gasteiger charge is 2.24. The van der Waals surface area contributed by atoms with Gasteiger partial charge in [-0.2, -0.15) is 5.10 Å². The lowest BCUT2D eigenvalue weighted by Crippen LogP contribution is -2.42. The largest absolute Gasteiger partial charge is 0.384 e. The number of imidazole rings is 1. The van der Waals surface area contributed by atoms with E-state index in [1.165, 1.54) is 0 Å². The van der Waals surface area contributed by atoms with Gasteiger partial charge in [0, 0.05) is 38.1 Å². The van der Waals surface area contributed by atoms with Gasteiger partial charge in [0.15, 0.2) is 0 Å². The molecule has 118 valence electrons. The minimum atomic E-state index is 0.0881. The third kappa shape index (κ3) is 3.29. The molecule has 1 aliphatic heterocycles. The SMILES string of the molecule is Cc1cc(N)n(CC(=O)N2CCCC(Cn3ccnc3)C2)n1. The summed E-state index contributed by atoms with van der Waals surface area (Å²) >= 11 is 0. The predicted octanol–water partition coefficient (Wildman–Crippen LogP) is 0.909. The van der Waals surface area contributed by atoms with Crippen molar-refractivity contribution >= 4 is 11.7 Å². The van der Waals surface area contributed by atoms with E-state index < -0.39 is 0 Å². The van der Waals surface area contributed by atoms with E-state index in [0.29, 0.717) is 11.7 Å². The van der Waals surface area contributed by atoms with Crippen LogP contribution in [0.1, 0.15) is 18.5 Å². The van der Waals surface area contributed by atoms with Gasteiger partial charge in [0.2, 0.25) is 5.91 Å². The molecule has 22 heavy (non-hydrogen) atoms. The first-order chi connectivity index (χ1) is 10.6. The molecular weight excluding hydrogens is 280 g/mol. The van der Waals surface area contributed by atoms with Crippen molar-refractivity contribution in [2.24, 2.45) is 5.92 Å². The van der Waals surface area contributed by atoms with Crippen LogP contribution in [0.3, 0.4) is 0 Å². The Balaban J connectivity index is 1.59. The summed E-state index contributed by atoms with van der Waals surface area (Å²) < 4.78 is 3.66. The first-order valence-electron chi connectivity index (χ1n) is 7.65. The first-order valence-corrected chi connectivity index (χ1v) is 7.65. The smallest absolute Gasteiger partial charge is 0.244 e. The van der Waals surface area contributed by atoms with Crippen molar-refractivity contribution in [3.63, 3.8) is 0 Å². The minimum absolute atomic E-state index is 0.0881. The molecule has 2 N–H and O–H groups in total. The number of nitrogens with two attached hydrogens (primary N) is 1. The van der Waals surface area contributed by atoms with Crippen molar-refractivity contribution in [2.75, 3.05) is 18.8 Å². The lowest BCUT2D eigenvalue weighted by Gasteiger charge is -2.33. The molecule has 0 aliphatic carbocycles. The topological polar surface area (TPSA) is 82.0 Å². The van der Waals surface area contributed by atoms with Crippen LogP contribution in [0.25, 0.3) is 0 Å². The number of aryl methyl sites for hydroxylation is 1. The molecule has 3 rings (SSSR count). The average molecular weight is 302 g/mol. The van der Waals surface area contributed by atoms with E-state index in [-0.39, 0.29) is 12.5 Å². The summed E-state index contributed by atoms with van der Waals surface area (Å²) in [5, 5.41) is 4.26. The molecule has 1 aliphatic rings. The van der Waals surface area contributed by atoms with E-state index >= 15 is 0 Å². The average Bonchev–Trinajstić information content (AvgIpc) is 3.09. The summed E-state index contributed by atoms with van der Waals surface area (Å²) in [5.41, 5.74) is 6.69. The van der Waals surface area contributed by atoms with Crippen molar-refractivity contribution in [2.45, 2.75) is 32.9 Å². The zero-order valence-corrected chi connectivity index (χ0v) is 12.9. The molecule has 0 aromatic carbocycles. The number of amides is 1. The summed E-state index contributed by atoms with van der Waals surface area (Å²) in [4.78, 5) is 18.5. The van der Waals surface area contributed by atoms with Crippen LogP contribution in [-0.4, -0.2) is 43.2 Å². The van der Waals surface area contributed by atoms with Gasteiger partial charge >= 0.3 is 0 Å². The number of carbonyl (C=O) groups is 1. The van der Waals surface area contributed by atoms with Crippen LogP contribution >= 0.6 is 0 Å². The van der Waals surface area contributed by atoms with Crippen LogP contribution in [0.15, 0.2) is 24.8 Å². The van der Waals surface area contributed by atoms with Crippen LogP contribution in [-0.2, 0) is 17.9 Å². The molecule has 1 fully saturated rings. The Morgan fingerprint density at radius 3 is 3.05 bits per heavy atom. The van der Waals surface area contributed by atoms with Crippen molar-refractivity contribution < 1.29 is 4.79 Å². The number of likely N-dealkylation sites (tertiary alicyclic amines) is 1. The van der Waals surface area contributed by atoms with Crippen molar-refractivity contribution in [1.29, 1.82) is 0 Å². The second-order valence-electron chi connectivity index (χ2n) is 5.98. The lowest BCUT2D eigenvalue weighted by molar-refractivity contribution is -0.133. The number of anilines is 1. The molecule has 1 atom stereocenters. The Labute approximate surface area is 129 Å². The van der Waals surface area contributed by atoms with Gasteiger partial charge in [0.25, 0.3) is 0 Å². The molecule has 1 saturated heterocycles. The molecule has 7 heteroatoms. The van der Waals surface area contributed by atoms with Crippen molar-refractivity contribution in [3.8, 4) is 0 Å². The highest BCUT2D eigenvalue weighted by Crippen LogP contribution is 2.19. The first kappa shape index (κ1) is 14.6. The summed E-state index contributed by atoms with van der Waals surface area (Å²) in [6.45, 7) is 4.61. The fourth-order valence-electron chi connectivity index (χ4n) is 3.05. The number of carbonyl (C=O) groups excluding carboxylic acids is 1. The Hall–Kier alpha value is -2.31. The summed E-state index contributed by atoms with van der Waals surface area (Å²) in [5.74, 6) is 1.10. The maximum Gasteiger partial charge on any atom is 0.244 e. The standard InChI is InChI=1S/C15H22N6O/c1-12-7-14(16)21(18-12)10-15(22)20-5-2-3-13(9-20)8-19-6-4-17-11-19/h4,6-7,11,13H,2-3,5,8-10,16H2,1H3. The van der Waals surface area contributed by atoms with Crippen LogP contribution in [0.4, 0.5) is 5.82 Å². The van der Waals surface area contributed by atoms with Gasteiger partial charge in [-0.25, -0.2) is 9.67 Å². The van der Waals surface area contributed by atoms with Crippen molar-refractivity contribution in [3.05, 3.63) is 30.5 Å². The Kier molecular flexibility index (Phi) is 4.13. The fraction of sp³-hybridized carbons (Fsp3) is 0.533. The number of nitrogen functional groups attached to an aromatic ring is 1. The molecule has 1 unspecified atom stereocenters. The number of hydrogen-bond donors (Lipinski definition) is 1. The molecule has 0 radical (unpaired) electrons. The summed E-state index contributed by atoms with van der Waals surface area (Å²) in [6, 6.07) is 1.78. The molecular formula is C15H22N6O. The highest BCUT2D eigenvalue weighted by molar-refractivity contribution is 5.76. The van der Waals surface area contributed by atoms with E-state index in [0.717, 1.165) is 38.2 Å². The molecule has 2 aromatic rings.